The summed E-state index contributed by atoms with van der Waals surface area (Å²) < 4.78 is 0. The first-order valence-electron chi connectivity index (χ1n) is 8.67. The van der Waals surface area contributed by atoms with E-state index in [0.717, 1.165) is 43.4 Å². The fourth-order valence-corrected chi connectivity index (χ4v) is 4.31. The van der Waals surface area contributed by atoms with Crippen molar-refractivity contribution in [1.29, 1.82) is 0 Å². The standard InChI is InChI=1S/C16H32N4S.HI/c1-3-17-16(19-13-15-8-6-12-21-15)18-9-11-20-10-5-4-7-14(20)2;/h14-15H,3-13H2,1-2H3,(H2,17,18,19);1H. The number of rotatable bonds is 6. The molecule has 0 aromatic carbocycles. The molecule has 0 saturated carbocycles. The molecule has 2 rings (SSSR count). The summed E-state index contributed by atoms with van der Waals surface area (Å²) in [6.07, 6.45) is 6.80. The minimum absolute atomic E-state index is 0. The van der Waals surface area contributed by atoms with Crippen LogP contribution in [0.25, 0.3) is 0 Å². The Labute approximate surface area is 157 Å². The van der Waals surface area contributed by atoms with E-state index in [-0.39, 0.29) is 24.0 Å². The van der Waals surface area contributed by atoms with Crippen molar-refractivity contribution in [2.75, 3.05) is 38.5 Å². The fourth-order valence-electron chi connectivity index (χ4n) is 3.13. The van der Waals surface area contributed by atoms with E-state index in [1.807, 2.05) is 0 Å². The van der Waals surface area contributed by atoms with Crippen molar-refractivity contribution in [3.8, 4) is 0 Å². The summed E-state index contributed by atoms with van der Waals surface area (Å²) in [5.41, 5.74) is 0. The highest BCUT2D eigenvalue weighted by Crippen LogP contribution is 2.25. The molecule has 2 N–H and O–H groups in total. The minimum atomic E-state index is 0. The molecule has 2 saturated heterocycles. The van der Waals surface area contributed by atoms with Crippen LogP contribution in [0, 0.1) is 0 Å². The highest BCUT2D eigenvalue weighted by molar-refractivity contribution is 14.0. The van der Waals surface area contributed by atoms with E-state index in [0.29, 0.717) is 0 Å². The summed E-state index contributed by atoms with van der Waals surface area (Å²) >= 11 is 2.08. The highest BCUT2D eigenvalue weighted by atomic mass is 127. The lowest BCUT2D eigenvalue weighted by Gasteiger charge is -2.33. The molecule has 0 radical (unpaired) electrons. The van der Waals surface area contributed by atoms with Crippen molar-refractivity contribution in [2.24, 2.45) is 4.99 Å². The van der Waals surface area contributed by atoms with Crippen LogP contribution in [0.5, 0.6) is 0 Å². The lowest BCUT2D eigenvalue weighted by atomic mass is 10.0. The summed E-state index contributed by atoms with van der Waals surface area (Å²) in [7, 11) is 0. The summed E-state index contributed by atoms with van der Waals surface area (Å²) in [6.45, 7) is 9.76. The zero-order valence-electron chi connectivity index (χ0n) is 14.1. The third-order valence-corrected chi connectivity index (χ3v) is 5.83. The maximum Gasteiger partial charge on any atom is 0.191 e. The first-order chi connectivity index (χ1) is 10.3. The van der Waals surface area contributed by atoms with E-state index in [1.54, 1.807) is 0 Å². The maximum absolute atomic E-state index is 4.75. The average Bonchev–Trinajstić information content (AvgIpc) is 3.00. The Morgan fingerprint density at radius 2 is 2.09 bits per heavy atom. The Bertz CT molecular complexity index is 321. The van der Waals surface area contributed by atoms with Gasteiger partial charge in [0.1, 0.15) is 0 Å². The molecule has 2 heterocycles. The molecule has 0 aromatic heterocycles. The zero-order chi connectivity index (χ0) is 14.9. The third kappa shape index (κ3) is 7.25. The number of aliphatic imine (C=N–C) groups is 1. The number of piperidine rings is 1. The van der Waals surface area contributed by atoms with Crippen molar-refractivity contribution in [3.63, 3.8) is 0 Å². The van der Waals surface area contributed by atoms with E-state index in [2.05, 4.69) is 41.1 Å². The van der Waals surface area contributed by atoms with E-state index >= 15 is 0 Å². The fraction of sp³-hybridized carbons (Fsp3) is 0.938. The number of halogens is 1. The van der Waals surface area contributed by atoms with E-state index in [4.69, 9.17) is 4.99 Å². The van der Waals surface area contributed by atoms with Gasteiger partial charge in [0, 0.05) is 30.9 Å². The van der Waals surface area contributed by atoms with Gasteiger partial charge in [-0.25, -0.2) is 0 Å². The second-order valence-corrected chi connectivity index (χ2v) is 7.57. The molecule has 2 fully saturated rings. The van der Waals surface area contributed by atoms with Crippen molar-refractivity contribution in [2.45, 2.75) is 57.2 Å². The van der Waals surface area contributed by atoms with E-state index in [1.165, 1.54) is 44.4 Å². The molecule has 0 amide bonds. The van der Waals surface area contributed by atoms with Gasteiger partial charge in [0.25, 0.3) is 0 Å². The van der Waals surface area contributed by atoms with Gasteiger partial charge in [-0.1, -0.05) is 6.42 Å². The normalized spacial score (nSPS) is 26.5. The predicted octanol–water partition coefficient (Wildman–Crippen LogP) is 2.93. The highest BCUT2D eigenvalue weighted by Gasteiger charge is 2.18. The molecule has 130 valence electrons. The minimum Gasteiger partial charge on any atom is -0.357 e. The van der Waals surface area contributed by atoms with Gasteiger partial charge < -0.3 is 10.6 Å². The van der Waals surface area contributed by atoms with Crippen molar-refractivity contribution in [1.82, 2.24) is 15.5 Å². The monoisotopic (exact) mass is 440 g/mol. The van der Waals surface area contributed by atoms with Crippen molar-refractivity contribution < 1.29 is 0 Å². The van der Waals surface area contributed by atoms with E-state index < -0.39 is 0 Å². The zero-order valence-corrected chi connectivity index (χ0v) is 17.3. The largest absolute Gasteiger partial charge is 0.357 e. The first-order valence-corrected chi connectivity index (χ1v) is 9.72. The Morgan fingerprint density at radius 1 is 1.23 bits per heavy atom. The molecule has 2 unspecified atom stereocenters. The number of guanidine groups is 1. The molecule has 4 nitrogen and oxygen atoms in total. The molecule has 0 bridgehead atoms. The molecule has 2 atom stereocenters. The van der Waals surface area contributed by atoms with Gasteiger partial charge in [-0.2, -0.15) is 11.8 Å². The summed E-state index contributed by atoms with van der Waals surface area (Å²) in [5.74, 6) is 2.31. The van der Waals surface area contributed by atoms with Crippen LogP contribution in [0.4, 0.5) is 0 Å². The van der Waals surface area contributed by atoms with Crippen LogP contribution >= 0.6 is 35.7 Å². The number of likely N-dealkylation sites (tertiary alicyclic amines) is 1. The van der Waals surface area contributed by atoms with Gasteiger partial charge >= 0.3 is 0 Å². The quantitative estimate of drug-likeness (QED) is 0.379. The SMILES string of the molecule is CCNC(=NCC1CCCS1)NCCN1CCCCC1C.I. The van der Waals surface area contributed by atoms with Crippen molar-refractivity contribution in [3.05, 3.63) is 0 Å². The van der Waals surface area contributed by atoms with Gasteiger partial charge in [-0.05, 0) is 51.8 Å². The summed E-state index contributed by atoms with van der Waals surface area (Å²) in [4.78, 5) is 7.36. The molecule has 0 spiro atoms. The molecular weight excluding hydrogens is 407 g/mol. The van der Waals surface area contributed by atoms with Crippen molar-refractivity contribution >= 4 is 41.7 Å². The number of thioether (sulfide) groups is 1. The molecule has 22 heavy (non-hydrogen) atoms. The topological polar surface area (TPSA) is 39.7 Å². The predicted molar refractivity (Wildman–Crippen MR) is 110 cm³/mol. The lowest BCUT2D eigenvalue weighted by Crippen LogP contribution is -2.45. The Balaban J connectivity index is 0.00000242. The van der Waals surface area contributed by atoms with Gasteiger partial charge in [0.15, 0.2) is 5.96 Å². The molecule has 0 aromatic rings. The number of hydrogen-bond acceptors (Lipinski definition) is 3. The summed E-state index contributed by atoms with van der Waals surface area (Å²) in [5, 5.41) is 7.61. The molecule has 2 aliphatic heterocycles. The van der Waals surface area contributed by atoms with Gasteiger partial charge in [-0.15, -0.1) is 24.0 Å². The van der Waals surface area contributed by atoms with Gasteiger partial charge in [-0.3, -0.25) is 9.89 Å². The maximum atomic E-state index is 4.75. The van der Waals surface area contributed by atoms with Crippen LogP contribution in [-0.4, -0.2) is 60.6 Å². The smallest absolute Gasteiger partial charge is 0.191 e. The Morgan fingerprint density at radius 3 is 2.77 bits per heavy atom. The average molecular weight is 440 g/mol. The van der Waals surface area contributed by atoms with Crippen LogP contribution in [-0.2, 0) is 0 Å². The second kappa shape index (κ2) is 11.8. The molecule has 2 aliphatic rings. The van der Waals surface area contributed by atoms with Gasteiger partial charge in [0.2, 0.25) is 0 Å². The molecular formula is C16H33IN4S. The van der Waals surface area contributed by atoms with Crippen LogP contribution < -0.4 is 10.6 Å². The Kier molecular flexibility index (Phi) is 10.9. The van der Waals surface area contributed by atoms with Crippen LogP contribution in [0.3, 0.4) is 0 Å². The van der Waals surface area contributed by atoms with Gasteiger partial charge in [0.05, 0.1) is 6.54 Å². The van der Waals surface area contributed by atoms with Crippen LogP contribution in [0.2, 0.25) is 0 Å². The number of nitrogens with one attached hydrogen (secondary N) is 2. The lowest BCUT2D eigenvalue weighted by molar-refractivity contribution is 0.163. The van der Waals surface area contributed by atoms with Crippen LogP contribution in [0.15, 0.2) is 4.99 Å². The first kappa shape index (κ1) is 20.4. The number of hydrogen-bond donors (Lipinski definition) is 2. The third-order valence-electron chi connectivity index (χ3n) is 4.45. The second-order valence-electron chi connectivity index (χ2n) is 6.16. The number of nitrogens with zero attached hydrogens (tertiary/aromatic N) is 2. The van der Waals surface area contributed by atoms with E-state index in [9.17, 15) is 0 Å². The summed E-state index contributed by atoms with van der Waals surface area (Å²) in [6, 6.07) is 0.745. The molecule has 0 aliphatic carbocycles. The van der Waals surface area contributed by atoms with Crippen LogP contribution in [0.1, 0.15) is 46.0 Å². The molecule has 6 heteroatoms. The Hall–Kier alpha value is 0.310.